The van der Waals surface area contributed by atoms with Crippen molar-refractivity contribution < 1.29 is 0 Å². The van der Waals surface area contributed by atoms with E-state index < -0.39 is 0 Å². The molecular weight excluding hydrogens is 436 g/mol. The Kier molecular flexibility index (Phi) is 6.99. The van der Waals surface area contributed by atoms with Crippen molar-refractivity contribution in [3.63, 3.8) is 0 Å². The zero-order valence-corrected chi connectivity index (χ0v) is 20.9. The molecule has 35 heavy (non-hydrogen) atoms. The van der Waals surface area contributed by atoms with Crippen molar-refractivity contribution in [2.75, 3.05) is 18.4 Å². The topological polar surface area (TPSA) is 84.7 Å². The average Bonchev–Trinajstić information content (AvgIpc) is 3.34. The molecule has 0 aromatic carbocycles. The van der Waals surface area contributed by atoms with Gasteiger partial charge in [0.15, 0.2) is 5.82 Å². The minimum Gasteiger partial charge on any atom is -0.323 e. The second-order valence-electron chi connectivity index (χ2n) is 9.84. The van der Waals surface area contributed by atoms with Gasteiger partial charge < -0.3 is 10.2 Å². The fourth-order valence-electron chi connectivity index (χ4n) is 4.68. The SMILES string of the molecule is CC(C)c1cnnc(Nc2ccc3ncc(-c4cnn(CCCN5CCCCC5C)c4)cc3n2)c1. The number of piperidine rings is 1. The first kappa shape index (κ1) is 23.4. The third kappa shape index (κ3) is 5.65. The van der Waals surface area contributed by atoms with E-state index in [1.165, 1.54) is 25.8 Å². The molecule has 0 radical (unpaired) electrons. The van der Waals surface area contributed by atoms with Crippen LogP contribution in [0.25, 0.3) is 22.2 Å². The molecule has 1 N–H and O–H groups in total. The third-order valence-corrected chi connectivity index (χ3v) is 6.88. The smallest absolute Gasteiger partial charge is 0.154 e. The van der Waals surface area contributed by atoms with Crippen LogP contribution in [0.3, 0.4) is 0 Å². The predicted molar refractivity (Wildman–Crippen MR) is 140 cm³/mol. The van der Waals surface area contributed by atoms with Gasteiger partial charge in [0.05, 0.1) is 23.4 Å². The summed E-state index contributed by atoms with van der Waals surface area (Å²) in [5.74, 6) is 1.79. The lowest BCUT2D eigenvalue weighted by Gasteiger charge is -2.33. The van der Waals surface area contributed by atoms with Gasteiger partial charge in [0.25, 0.3) is 0 Å². The summed E-state index contributed by atoms with van der Waals surface area (Å²) >= 11 is 0. The van der Waals surface area contributed by atoms with Crippen molar-refractivity contribution in [3.05, 3.63) is 54.6 Å². The van der Waals surface area contributed by atoms with Gasteiger partial charge in [0, 0.05) is 42.7 Å². The standard InChI is InChI=1S/C27H34N8/c1-19(2)21-14-27(33-29-16-21)32-26-9-8-24-25(31-26)13-22(15-28-24)23-17-30-35(18-23)12-6-11-34-10-5-4-7-20(34)3/h8-9,13-20H,4-7,10-12H2,1-3H3,(H,31,32,33). The number of fused-ring (bicyclic) bond motifs is 1. The van der Waals surface area contributed by atoms with Crippen LogP contribution in [-0.4, -0.2) is 54.0 Å². The van der Waals surface area contributed by atoms with E-state index in [2.05, 4.69) is 63.5 Å². The molecule has 8 heteroatoms. The van der Waals surface area contributed by atoms with Crippen molar-refractivity contribution in [2.45, 2.75) is 65.0 Å². The Balaban J connectivity index is 1.27. The molecule has 0 spiro atoms. The Morgan fingerprint density at radius 3 is 2.77 bits per heavy atom. The molecule has 1 atom stereocenters. The van der Waals surface area contributed by atoms with Crippen molar-refractivity contribution in [2.24, 2.45) is 0 Å². The van der Waals surface area contributed by atoms with Gasteiger partial charge in [-0.05, 0) is 68.5 Å². The Bertz CT molecular complexity index is 1280. The summed E-state index contributed by atoms with van der Waals surface area (Å²) in [6, 6.07) is 8.68. The van der Waals surface area contributed by atoms with E-state index >= 15 is 0 Å². The summed E-state index contributed by atoms with van der Waals surface area (Å²) in [6.45, 7) is 9.92. The van der Waals surface area contributed by atoms with Gasteiger partial charge in [0.1, 0.15) is 5.82 Å². The number of hydrogen-bond donors (Lipinski definition) is 1. The van der Waals surface area contributed by atoms with E-state index in [-0.39, 0.29) is 0 Å². The van der Waals surface area contributed by atoms with Crippen LogP contribution < -0.4 is 5.32 Å². The van der Waals surface area contributed by atoms with Crippen LogP contribution >= 0.6 is 0 Å². The first-order valence-electron chi connectivity index (χ1n) is 12.7. The number of nitrogens with one attached hydrogen (secondary N) is 1. The zero-order valence-electron chi connectivity index (χ0n) is 20.9. The molecule has 1 unspecified atom stereocenters. The molecule has 4 aromatic rings. The largest absolute Gasteiger partial charge is 0.323 e. The minimum absolute atomic E-state index is 0.386. The maximum atomic E-state index is 4.77. The fourth-order valence-corrected chi connectivity index (χ4v) is 4.68. The first-order chi connectivity index (χ1) is 17.0. The molecule has 1 aliphatic rings. The quantitative estimate of drug-likeness (QED) is 0.368. The van der Waals surface area contributed by atoms with Crippen LogP contribution in [0.5, 0.6) is 0 Å². The lowest BCUT2D eigenvalue weighted by molar-refractivity contribution is 0.156. The number of likely N-dealkylation sites (tertiary alicyclic amines) is 1. The number of anilines is 2. The van der Waals surface area contributed by atoms with E-state index in [9.17, 15) is 0 Å². The van der Waals surface area contributed by atoms with Crippen LogP contribution in [-0.2, 0) is 6.54 Å². The molecule has 0 saturated carbocycles. The monoisotopic (exact) mass is 470 g/mol. The van der Waals surface area contributed by atoms with Crippen molar-refractivity contribution in [1.29, 1.82) is 0 Å². The molecule has 0 bridgehead atoms. The maximum absolute atomic E-state index is 4.77. The molecule has 0 aliphatic carbocycles. The summed E-state index contributed by atoms with van der Waals surface area (Å²) in [4.78, 5) is 12.0. The normalized spacial score (nSPS) is 16.7. The van der Waals surface area contributed by atoms with Crippen molar-refractivity contribution in [3.8, 4) is 11.1 Å². The van der Waals surface area contributed by atoms with Gasteiger partial charge in [-0.25, -0.2) is 4.98 Å². The van der Waals surface area contributed by atoms with E-state index in [4.69, 9.17) is 4.98 Å². The van der Waals surface area contributed by atoms with Gasteiger partial charge in [0.2, 0.25) is 0 Å². The number of rotatable bonds is 8. The van der Waals surface area contributed by atoms with E-state index in [0.29, 0.717) is 23.6 Å². The highest BCUT2D eigenvalue weighted by Crippen LogP contribution is 2.24. The van der Waals surface area contributed by atoms with Crippen LogP contribution in [0.1, 0.15) is 57.9 Å². The molecule has 1 aliphatic heterocycles. The fraction of sp³-hybridized carbons (Fsp3) is 0.444. The van der Waals surface area contributed by atoms with Crippen molar-refractivity contribution >= 4 is 22.7 Å². The van der Waals surface area contributed by atoms with Gasteiger partial charge in [-0.15, -0.1) is 5.10 Å². The average molecular weight is 471 g/mol. The Labute approximate surface area is 206 Å². The highest BCUT2D eigenvalue weighted by molar-refractivity contribution is 5.81. The molecule has 1 fully saturated rings. The van der Waals surface area contributed by atoms with Crippen LogP contribution in [0.2, 0.25) is 0 Å². The number of hydrogen-bond acceptors (Lipinski definition) is 7. The molecule has 5 heterocycles. The van der Waals surface area contributed by atoms with Crippen LogP contribution in [0, 0.1) is 0 Å². The molecule has 1 saturated heterocycles. The second kappa shape index (κ2) is 10.5. The summed E-state index contributed by atoms with van der Waals surface area (Å²) in [5, 5.41) is 16.2. The minimum atomic E-state index is 0.386. The molecular formula is C27H34N8. The molecule has 4 aromatic heterocycles. The third-order valence-electron chi connectivity index (χ3n) is 6.88. The number of aryl methyl sites for hydroxylation is 1. The number of pyridine rings is 2. The molecule has 0 amide bonds. The van der Waals surface area contributed by atoms with Crippen molar-refractivity contribution in [1.82, 2.24) is 34.8 Å². The van der Waals surface area contributed by atoms with E-state index in [1.807, 2.05) is 35.3 Å². The van der Waals surface area contributed by atoms with Gasteiger partial charge >= 0.3 is 0 Å². The first-order valence-corrected chi connectivity index (χ1v) is 12.7. The molecule has 182 valence electrons. The lowest BCUT2D eigenvalue weighted by atomic mass is 10.0. The van der Waals surface area contributed by atoms with Crippen LogP contribution in [0.15, 0.2) is 49.1 Å². The van der Waals surface area contributed by atoms with E-state index in [1.54, 1.807) is 6.20 Å². The Morgan fingerprint density at radius 1 is 1.00 bits per heavy atom. The second-order valence-corrected chi connectivity index (χ2v) is 9.84. The highest BCUT2D eigenvalue weighted by Gasteiger charge is 2.17. The van der Waals surface area contributed by atoms with E-state index in [0.717, 1.165) is 47.2 Å². The zero-order chi connectivity index (χ0) is 24.2. The maximum Gasteiger partial charge on any atom is 0.154 e. The lowest BCUT2D eigenvalue weighted by Crippen LogP contribution is -2.38. The summed E-state index contributed by atoms with van der Waals surface area (Å²) in [6.07, 6.45) is 12.8. The highest BCUT2D eigenvalue weighted by atomic mass is 15.3. The number of aromatic nitrogens is 6. The van der Waals surface area contributed by atoms with Gasteiger partial charge in [-0.2, -0.15) is 10.2 Å². The van der Waals surface area contributed by atoms with Gasteiger partial charge in [-0.1, -0.05) is 20.3 Å². The summed E-state index contributed by atoms with van der Waals surface area (Å²) in [5.41, 5.74) is 4.88. The Hall–Kier alpha value is -3.39. The predicted octanol–water partition coefficient (Wildman–Crippen LogP) is 5.41. The van der Waals surface area contributed by atoms with Crippen LogP contribution in [0.4, 0.5) is 11.6 Å². The number of nitrogens with zero attached hydrogens (tertiary/aromatic N) is 7. The Morgan fingerprint density at radius 2 is 1.91 bits per heavy atom. The summed E-state index contributed by atoms with van der Waals surface area (Å²) in [7, 11) is 0. The molecule has 5 rings (SSSR count). The van der Waals surface area contributed by atoms with Gasteiger partial charge in [-0.3, -0.25) is 9.67 Å². The summed E-state index contributed by atoms with van der Waals surface area (Å²) < 4.78 is 2.04. The molecule has 8 nitrogen and oxygen atoms in total.